The SMILES string of the molecule is CCNC(CC1CC1)c1ccc(C(C)(C)C)cc1. The molecule has 0 heterocycles. The van der Waals surface area contributed by atoms with Crippen LogP contribution in [-0.2, 0) is 5.41 Å². The van der Waals surface area contributed by atoms with E-state index in [9.17, 15) is 0 Å². The van der Waals surface area contributed by atoms with Crippen molar-refractivity contribution in [1.29, 1.82) is 0 Å². The van der Waals surface area contributed by atoms with Crippen LogP contribution in [0, 0.1) is 5.92 Å². The Hall–Kier alpha value is -0.820. The Morgan fingerprint density at radius 1 is 1.17 bits per heavy atom. The van der Waals surface area contributed by atoms with Gasteiger partial charge in [0.05, 0.1) is 0 Å². The second kappa shape index (κ2) is 5.44. The van der Waals surface area contributed by atoms with Crippen molar-refractivity contribution in [3.05, 3.63) is 35.4 Å². The van der Waals surface area contributed by atoms with Crippen LogP contribution in [0.15, 0.2) is 24.3 Å². The van der Waals surface area contributed by atoms with Gasteiger partial charge in [-0.15, -0.1) is 0 Å². The lowest BCUT2D eigenvalue weighted by Gasteiger charge is -2.22. The minimum absolute atomic E-state index is 0.253. The standard InChI is InChI=1S/C17H27N/c1-5-18-16(12-13-6-7-13)14-8-10-15(11-9-14)17(2,3)4/h8-11,13,16,18H,5-7,12H2,1-4H3. The zero-order chi connectivity index (χ0) is 13.2. The van der Waals surface area contributed by atoms with Gasteiger partial charge >= 0.3 is 0 Å². The van der Waals surface area contributed by atoms with E-state index in [1.54, 1.807) is 0 Å². The Balaban J connectivity index is 2.09. The maximum Gasteiger partial charge on any atom is 0.0322 e. The van der Waals surface area contributed by atoms with Crippen LogP contribution in [0.25, 0.3) is 0 Å². The van der Waals surface area contributed by atoms with E-state index in [4.69, 9.17) is 0 Å². The van der Waals surface area contributed by atoms with Crippen LogP contribution in [-0.4, -0.2) is 6.54 Å². The Kier molecular flexibility index (Phi) is 4.11. The van der Waals surface area contributed by atoms with Gasteiger partial charge in [0.25, 0.3) is 0 Å². The molecule has 1 saturated carbocycles. The first-order valence-corrected chi connectivity index (χ1v) is 7.34. The van der Waals surface area contributed by atoms with Crippen molar-refractivity contribution in [2.75, 3.05) is 6.54 Å². The smallest absolute Gasteiger partial charge is 0.0322 e. The second-order valence-electron chi connectivity index (χ2n) is 6.66. The molecule has 0 radical (unpaired) electrons. The molecule has 1 fully saturated rings. The molecule has 0 bridgehead atoms. The Morgan fingerprint density at radius 2 is 1.78 bits per heavy atom. The summed E-state index contributed by atoms with van der Waals surface area (Å²) < 4.78 is 0. The molecule has 1 heteroatoms. The van der Waals surface area contributed by atoms with Crippen molar-refractivity contribution in [1.82, 2.24) is 5.32 Å². The molecule has 2 rings (SSSR count). The van der Waals surface area contributed by atoms with Gasteiger partial charge in [-0.05, 0) is 35.4 Å². The molecule has 1 aromatic carbocycles. The van der Waals surface area contributed by atoms with Gasteiger partial charge in [-0.3, -0.25) is 0 Å². The molecule has 0 spiro atoms. The van der Waals surface area contributed by atoms with Gasteiger partial charge in [-0.1, -0.05) is 64.8 Å². The van der Waals surface area contributed by atoms with Crippen LogP contribution < -0.4 is 5.32 Å². The first-order chi connectivity index (χ1) is 8.50. The highest BCUT2D eigenvalue weighted by Crippen LogP contribution is 2.37. The van der Waals surface area contributed by atoms with Gasteiger partial charge in [0.15, 0.2) is 0 Å². The lowest BCUT2D eigenvalue weighted by atomic mass is 9.86. The van der Waals surface area contributed by atoms with Crippen LogP contribution >= 0.6 is 0 Å². The summed E-state index contributed by atoms with van der Waals surface area (Å²) in [6.07, 6.45) is 4.17. The third-order valence-electron chi connectivity index (χ3n) is 3.90. The quantitative estimate of drug-likeness (QED) is 0.809. The highest BCUT2D eigenvalue weighted by atomic mass is 14.9. The summed E-state index contributed by atoms with van der Waals surface area (Å²) in [7, 11) is 0. The highest BCUT2D eigenvalue weighted by Gasteiger charge is 2.26. The molecule has 1 N–H and O–H groups in total. The third kappa shape index (κ3) is 3.58. The van der Waals surface area contributed by atoms with Crippen LogP contribution in [0.5, 0.6) is 0 Å². The third-order valence-corrected chi connectivity index (χ3v) is 3.90. The predicted octanol–water partition coefficient (Wildman–Crippen LogP) is 4.43. The number of hydrogen-bond acceptors (Lipinski definition) is 1. The largest absolute Gasteiger partial charge is 0.310 e. The summed E-state index contributed by atoms with van der Waals surface area (Å²) in [4.78, 5) is 0. The summed E-state index contributed by atoms with van der Waals surface area (Å²) in [6.45, 7) is 10.1. The van der Waals surface area contributed by atoms with Crippen molar-refractivity contribution >= 4 is 0 Å². The maximum atomic E-state index is 3.63. The molecule has 1 nitrogen and oxygen atoms in total. The lowest BCUT2D eigenvalue weighted by Crippen LogP contribution is -2.21. The van der Waals surface area contributed by atoms with E-state index in [2.05, 4.69) is 57.3 Å². The number of hydrogen-bond donors (Lipinski definition) is 1. The molecule has 1 atom stereocenters. The zero-order valence-electron chi connectivity index (χ0n) is 12.3. The Bertz CT molecular complexity index is 368. The van der Waals surface area contributed by atoms with E-state index in [0.717, 1.165) is 12.5 Å². The summed E-state index contributed by atoms with van der Waals surface area (Å²) in [5, 5.41) is 3.63. The van der Waals surface area contributed by atoms with Crippen LogP contribution in [0.2, 0.25) is 0 Å². The number of rotatable bonds is 5. The first kappa shape index (κ1) is 13.6. The van der Waals surface area contributed by atoms with Gasteiger partial charge in [-0.2, -0.15) is 0 Å². The van der Waals surface area contributed by atoms with Crippen LogP contribution in [0.1, 0.15) is 64.1 Å². The number of benzene rings is 1. The van der Waals surface area contributed by atoms with E-state index in [-0.39, 0.29) is 5.41 Å². The predicted molar refractivity (Wildman–Crippen MR) is 78.9 cm³/mol. The molecule has 1 aliphatic rings. The fourth-order valence-corrected chi connectivity index (χ4v) is 2.49. The van der Waals surface area contributed by atoms with Crippen molar-refractivity contribution in [3.8, 4) is 0 Å². The van der Waals surface area contributed by atoms with Crippen molar-refractivity contribution in [3.63, 3.8) is 0 Å². The maximum absolute atomic E-state index is 3.63. The average Bonchev–Trinajstić information content (AvgIpc) is 3.11. The van der Waals surface area contributed by atoms with E-state index in [1.165, 1.54) is 30.4 Å². The molecule has 1 unspecified atom stereocenters. The molecular formula is C17H27N. The Morgan fingerprint density at radius 3 is 2.22 bits per heavy atom. The van der Waals surface area contributed by atoms with E-state index < -0.39 is 0 Å². The molecule has 0 aromatic heterocycles. The van der Waals surface area contributed by atoms with E-state index >= 15 is 0 Å². The summed E-state index contributed by atoms with van der Waals surface area (Å²) in [5.74, 6) is 0.969. The normalized spacial score (nSPS) is 17.8. The van der Waals surface area contributed by atoms with Crippen molar-refractivity contribution < 1.29 is 0 Å². The zero-order valence-corrected chi connectivity index (χ0v) is 12.3. The van der Waals surface area contributed by atoms with Crippen molar-refractivity contribution in [2.45, 2.75) is 58.4 Å². The monoisotopic (exact) mass is 245 g/mol. The molecule has 18 heavy (non-hydrogen) atoms. The van der Waals surface area contributed by atoms with E-state index in [0.29, 0.717) is 6.04 Å². The van der Waals surface area contributed by atoms with Crippen molar-refractivity contribution in [2.24, 2.45) is 5.92 Å². The summed E-state index contributed by atoms with van der Waals surface area (Å²) in [5.41, 5.74) is 3.13. The fraction of sp³-hybridized carbons (Fsp3) is 0.647. The molecule has 100 valence electrons. The molecule has 0 aliphatic heterocycles. The number of nitrogens with one attached hydrogen (secondary N) is 1. The summed E-state index contributed by atoms with van der Waals surface area (Å²) in [6, 6.07) is 9.78. The second-order valence-corrected chi connectivity index (χ2v) is 6.66. The van der Waals surface area contributed by atoms with Gasteiger partial charge in [0.1, 0.15) is 0 Å². The van der Waals surface area contributed by atoms with Crippen LogP contribution in [0.3, 0.4) is 0 Å². The lowest BCUT2D eigenvalue weighted by molar-refractivity contribution is 0.486. The minimum atomic E-state index is 0.253. The molecular weight excluding hydrogens is 218 g/mol. The van der Waals surface area contributed by atoms with Gasteiger partial charge in [0, 0.05) is 6.04 Å². The van der Waals surface area contributed by atoms with Gasteiger partial charge in [0.2, 0.25) is 0 Å². The highest BCUT2D eigenvalue weighted by molar-refractivity contribution is 5.29. The minimum Gasteiger partial charge on any atom is -0.310 e. The topological polar surface area (TPSA) is 12.0 Å². The fourth-order valence-electron chi connectivity index (χ4n) is 2.49. The Labute approximate surface area is 112 Å². The van der Waals surface area contributed by atoms with Crippen LogP contribution in [0.4, 0.5) is 0 Å². The first-order valence-electron chi connectivity index (χ1n) is 7.34. The van der Waals surface area contributed by atoms with E-state index in [1.807, 2.05) is 0 Å². The average molecular weight is 245 g/mol. The molecule has 0 saturated heterocycles. The summed E-state index contributed by atoms with van der Waals surface area (Å²) >= 11 is 0. The molecule has 0 amide bonds. The molecule has 1 aliphatic carbocycles. The molecule has 1 aromatic rings. The van der Waals surface area contributed by atoms with Gasteiger partial charge < -0.3 is 5.32 Å². The van der Waals surface area contributed by atoms with Gasteiger partial charge in [-0.25, -0.2) is 0 Å².